The second kappa shape index (κ2) is 5.80. The van der Waals surface area contributed by atoms with E-state index >= 15 is 0 Å². The fourth-order valence-electron chi connectivity index (χ4n) is 2.42. The summed E-state index contributed by atoms with van der Waals surface area (Å²) >= 11 is 0. The summed E-state index contributed by atoms with van der Waals surface area (Å²) in [7, 11) is 0. The molecule has 104 valence electrons. The largest absolute Gasteiger partial charge is 0.507 e. The maximum Gasteiger partial charge on any atom is 0.124 e. The Labute approximate surface area is 124 Å². The van der Waals surface area contributed by atoms with E-state index in [0.29, 0.717) is 0 Å². The summed E-state index contributed by atoms with van der Waals surface area (Å²) < 4.78 is 0. The van der Waals surface area contributed by atoms with Gasteiger partial charge in [0.15, 0.2) is 0 Å². The molecule has 0 aliphatic carbocycles. The Morgan fingerprint density at radius 2 is 1.86 bits per heavy atom. The highest BCUT2D eigenvalue weighted by molar-refractivity contribution is 6.02. The van der Waals surface area contributed by atoms with Crippen LogP contribution in [0.15, 0.2) is 65.7 Å². The zero-order valence-electron chi connectivity index (χ0n) is 12.0. The van der Waals surface area contributed by atoms with Crippen molar-refractivity contribution in [2.75, 3.05) is 0 Å². The molecule has 0 fully saturated rings. The molecule has 0 saturated heterocycles. The van der Waals surface area contributed by atoms with Gasteiger partial charge in [0, 0.05) is 11.8 Å². The summed E-state index contributed by atoms with van der Waals surface area (Å²) in [5, 5.41) is 12.2. The Bertz CT molecular complexity index is 806. The highest BCUT2D eigenvalue weighted by atomic mass is 16.3. The summed E-state index contributed by atoms with van der Waals surface area (Å²) in [6, 6.07) is 19.8. The van der Waals surface area contributed by atoms with Gasteiger partial charge in [-0.1, -0.05) is 49.4 Å². The molecule has 0 radical (unpaired) electrons. The number of aromatic hydroxyl groups is 1. The van der Waals surface area contributed by atoms with Crippen molar-refractivity contribution in [3.8, 4) is 5.75 Å². The van der Waals surface area contributed by atoms with Crippen molar-refractivity contribution in [1.82, 2.24) is 0 Å². The first kappa shape index (κ1) is 13.4. The lowest BCUT2D eigenvalue weighted by Crippen LogP contribution is -1.86. The molecule has 0 amide bonds. The maximum absolute atomic E-state index is 10.1. The summed E-state index contributed by atoms with van der Waals surface area (Å²) in [5.74, 6) is 0.254. The molecule has 0 saturated carbocycles. The van der Waals surface area contributed by atoms with Crippen molar-refractivity contribution in [3.63, 3.8) is 0 Å². The molecule has 3 aromatic rings. The summed E-state index contributed by atoms with van der Waals surface area (Å²) in [6.45, 7) is 2.12. The number of nitrogens with zero attached hydrogens (tertiary/aromatic N) is 1. The predicted octanol–water partition coefficient (Wildman–Crippen LogP) is 4.86. The van der Waals surface area contributed by atoms with Crippen LogP contribution >= 0.6 is 0 Å². The van der Waals surface area contributed by atoms with Crippen molar-refractivity contribution in [2.45, 2.75) is 13.3 Å². The number of phenolic OH excluding ortho intramolecular Hbond substituents is 1. The fraction of sp³-hybridized carbons (Fsp3) is 0.105. The lowest BCUT2D eigenvalue weighted by atomic mass is 10.0. The average molecular weight is 275 g/mol. The van der Waals surface area contributed by atoms with E-state index in [1.165, 1.54) is 5.56 Å². The molecular weight excluding hydrogens is 258 g/mol. The van der Waals surface area contributed by atoms with Crippen LogP contribution in [0.2, 0.25) is 0 Å². The van der Waals surface area contributed by atoms with Gasteiger partial charge in [-0.05, 0) is 41.0 Å². The van der Waals surface area contributed by atoms with Crippen molar-refractivity contribution in [1.29, 1.82) is 0 Å². The van der Waals surface area contributed by atoms with Gasteiger partial charge in [0.25, 0.3) is 0 Å². The van der Waals surface area contributed by atoms with Gasteiger partial charge in [-0.15, -0.1) is 0 Å². The molecule has 2 heteroatoms. The highest BCUT2D eigenvalue weighted by Crippen LogP contribution is 2.26. The summed E-state index contributed by atoms with van der Waals surface area (Å²) in [4.78, 5) is 4.51. The zero-order valence-corrected chi connectivity index (χ0v) is 12.0. The number of benzene rings is 3. The van der Waals surface area contributed by atoms with E-state index in [9.17, 15) is 5.11 Å². The maximum atomic E-state index is 10.1. The van der Waals surface area contributed by atoms with Gasteiger partial charge in [-0.2, -0.15) is 0 Å². The predicted molar refractivity (Wildman–Crippen MR) is 88.7 cm³/mol. The molecule has 1 N–H and O–H groups in total. The molecule has 0 unspecified atom stereocenters. The monoisotopic (exact) mass is 275 g/mol. The van der Waals surface area contributed by atoms with Crippen LogP contribution in [0.1, 0.15) is 18.1 Å². The van der Waals surface area contributed by atoms with Crippen molar-refractivity contribution in [3.05, 3.63) is 71.8 Å². The minimum absolute atomic E-state index is 0.254. The Balaban J connectivity index is 2.04. The van der Waals surface area contributed by atoms with Crippen LogP contribution < -0.4 is 0 Å². The van der Waals surface area contributed by atoms with Crippen LogP contribution in [-0.4, -0.2) is 11.3 Å². The minimum Gasteiger partial charge on any atom is -0.507 e. The average Bonchev–Trinajstić information content (AvgIpc) is 2.54. The second-order valence-corrected chi connectivity index (χ2v) is 5.00. The number of hydrogen-bond donors (Lipinski definition) is 1. The first-order valence-electron chi connectivity index (χ1n) is 7.11. The molecule has 21 heavy (non-hydrogen) atoms. The zero-order chi connectivity index (χ0) is 14.7. The molecule has 0 aromatic heterocycles. The van der Waals surface area contributed by atoms with Gasteiger partial charge in [0.1, 0.15) is 5.75 Å². The van der Waals surface area contributed by atoms with Gasteiger partial charge >= 0.3 is 0 Å². The van der Waals surface area contributed by atoms with E-state index in [1.807, 2.05) is 42.5 Å². The van der Waals surface area contributed by atoms with E-state index in [1.54, 1.807) is 12.3 Å². The highest BCUT2D eigenvalue weighted by Gasteiger charge is 2.04. The summed E-state index contributed by atoms with van der Waals surface area (Å²) in [6.07, 6.45) is 2.73. The number of fused-ring (bicyclic) bond motifs is 1. The van der Waals surface area contributed by atoms with E-state index in [-0.39, 0.29) is 5.75 Å². The molecule has 0 atom stereocenters. The quantitative estimate of drug-likeness (QED) is 0.680. The minimum atomic E-state index is 0.254. The Morgan fingerprint density at radius 3 is 2.71 bits per heavy atom. The molecule has 2 nitrogen and oxygen atoms in total. The third-order valence-corrected chi connectivity index (χ3v) is 3.61. The van der Waals surface area contributed by atoms with Crippen molar-refractivity contribution in [2.24, 2.45) is 4.99 Å². The smallest absolute Gasteiger partial charge is 0.124 e. The van der Waals surface area contributed by atoms with Gasteiger partial charge < -0.3 is 5.11 Å². The lowest BCUT2D eigenvalue weighted by molar-refractivity contribution is 0.475. The Hall–Kier alpha value is -2.61. The van der Waals surface area contributed by atoms with Gasteiger partial charge in [0.2, 0.25) is 0 Å². The van der Waals surface area contributed by atoms with Crippen molar-refractivity contribution >= 4 is 22.7 Å². The SMILES string of the molecule is CCc1cccc(N=Cc2c(O)ccc3ccccc23)c1. The second-order valence-electron chi connectivity index (χ2n) is 5.00. The molecule has 0 bridgehead atoms. The topological polar surface area (TPSA) is 32.6 Å². The first-order valence-corrected chi connectivity index (χ1v) is 7.11. The van der Waals surface area contributed by atoms with Crippen LogP contribution in [0.4, 0.5) is 5.69 Å². The number of aliphatic imine (C=N–C) groups is 1. The van der Waals surface area contributed by atoms with Gasteiger partial charge in [-0.25, -0.2) is 0 Å². The van der Waals surface area contributed by atoms with Crippen LogP contribution in [-0.2, 0) is 6.42 Å². The molecule has 3 rings (SSSR count). The molecule has 0 aliphatic heterocycles. The van der Waals surface area contributed by atoms with Crippen LogP contribution in [0, 0.1) is 0 Å². The Morgan fingerprint density at radius 1 is 1.00 bits per heavy atom. The van der Waals surface area contributed by atoms with E-state index < -0.39 is 0 Å². The normalized spacial score (nSPS) is 11.3. The van der Waals surface area contributed by atoms with Crippen LogP contribution in [0.3, 0.4) is 0 Å². The van der Waals surface area contributed by atoms with E-state index in [0.717, 1.165) is 28.4 Å². The van der Waals surface area contributed by atoms with E-state index in [2.05, 4.69) is 24.0 Å². The number of rotatable bonds is 3. The van der Waals surface area contributed by atoms with Gasteiger partial charge in [-0.3, -0.25) is 4.99 Å². The summed E-state index contributed by atoms with van der Waals surface area (Å²) in [5.41, 5.74) is 2.92. The molecule has 0 spiro atoms. The number of hydrogen-bond acceptors (Lipinski definition) is 2. The Kier molecular flexibility index (Phi) is 3.69. The van der Waals surface area contributed by atoms with Crippen LogP contribution in [0.5, 0.6) is 5.75 Å². The lowest BCUT2D eigenvalue weighted by Gasteiger charge is -2.05. The van der Waals surface area contributed by atoms with Crippen LogP contribution in [0.25, 0.3) is 10.8 Å². The molecule has 0 aliphatic rings. The molecule has 0 heterocycles. The molecule has 3 aromatic carbocycles. The van der Waals surface area contributed by atoms with E-state index in [4.69, 9.17) is 0 Å². The first-order chi connectivity index (χ1) is 10.3. The fourth-order valence-corrected chi connectivity index (χ4v) is 2.42. The number of phenols is 1. The molecular formula is C19H17NO. The standard InChI is InChI=1S/C19H17NO/c1-2-14-6-5-8-16(12-14)20-13-18-17-9-4-3-7-15(17)10-11-19(18)21/h3-13,21H,2H2,1H3. The third kappa shape index (κ3) is 2.79. The van der Waals surface area contributed by atoms with Crippen molar-refractivity contribution < 1.29 is 5.11 Å². The third-order valence-electron chi connectivity index (χ3n) is 3.61. The number of aryl methyl sites for hydroxylation is 1. The van der Waals surface area contributed by atoms with Gasteiger partial charge in [0.05, 0.1) is 5.69 Å².